The molecule has 14 heavy (non-hydrogen) atoms. The second-order valence-corrected chi connectivity index (χ2v) is 2.56. The predicted octanol–water partition coefficient (Wildman–Crippen LogP) is 2.09. The normalized spacial score (nSPS) is 11.1. The third-order valence-electron chi connectivity index (χ3n) is 1.74. The molecule has 0 fully saturated rings. The third-order valence-corrected chi connectivity index (χ3v) is 1.74. The van der Waals surface area contributed by atoms with Gasteiger partial charge >= 0.3 is 5.97 Å². The lowest BCUT2D eigenvalue weighted by molar-refractivity contribution is -0.130. The van der Waals surface area contributed by atoms with Crippen molar-refractivity contribution in [2.75, 3.05) is 7.11 Å². The van der Waals surface area contributed by atoms with Crippen molar-refractivity contribution in [2.45, 2.75) is 0 Å². The Morgan fingerprint density at radius 1 is 1.43 bits per heavy atom. The zero-order valence-corrected chi connectivity index (χ0v) is 7.53. The fraction of sp³-hybridized carbons (Fsp3) is 0.100. The van der Waals surface area contributed by atoms with Crippen LogP contribution in [-0.2, 0) is 4.79 Å². The number of halogens is 1. The van der Waals surface area contributed by atoms with Crippen molar-refractivity contribution in [3.8, 4) is 5.75 Å². The molecule has 0 saturated heterocycles. The van der Waals surface area contributed by atoms with Crippen molar-refractivity contribution in [3.05, 3.63) is 36.2 Å². The summed E-state index contributed by atoms with van der Waals surface area (Å²) in [6.07, 6.45) is 0.0736. The first-order chi connectivity index (χ1) is 6.69. The maximum atomic E-state index is 12.2. The molecular weight excluding hydrogens is 187 g/mol. The first kappa shape index (κ1) is 10.2. The molecule has 1 rings (SSSR count). The van der Waals surface area contributed by atoms with Gasteiger partial charge in [0.05, 0.1) is 12.7 Å². The van der Waals surface area contributed by atoms with Gasteiger partial charge in [-0.2, -0.15) is 0 Å². The van der Waals surface area contributed by atoms with Gasteiger partial charge in [0, 0.05) is 0 Å². The molecule has 0 amide bonds. The van der Waals surface area contributed by atoms with Gasteiger partial charge in [-0.05, 0) is 17.7 Å². The molecule has 0 saturated carbocycles. The van der Waals surface area contributed by atoms with E-state index in [-0.39, 0.29) is 11.9 Å². The summed E-state index contributed by atoms with van der Waals surface area (Å²) in [5, 5.41) is 8.61. The molecule has 0 heterocycles. The van der Waals surface area contributed by atoms with E-state index in [4.69, 9.17) is 9.84 Å². The number of benzene rings is 1. The minimum absolute atomic E-state index is 0.0736. The average molecular weight is 196 g/mol. The van der Waals surface area contributed by atoms with Gasteiger partial charge in [0.2, 0.25) is 0 Å². The number of carbonyl (C=O) groups is 1. The summed E-state index contributed by atoms with van der Waals surface area (Å²) in [4.78, 5) is 10.5. The summed E-state index contributed by atoms with van der Waals surface area (Å²) in [5.41, 5.74) is -0.0616. The highest BCUT2D eigenvalue weighted by molar-refractivity contribution is 6.14. The highest BCUT2D eigenvalue weighted by atomic mass is 19.1. The zero-order chi connectivity index (χ0) is 10.6. The summed E-state index contributed by atoms with van der Waals surface area (Å²) in [5.74, 6) is -0.699. The fourth-order valence-electron chi connectivity index (χ4n) is 1.00. The molecule has 0 atom stereocenters. The van der Waals surface area contributed by atoms with Crippen molar-refractivity contribution >= 4 is 11.5 Å². The maximum Gasteiger partial charge on any atom is 0.338 e. The number of methoxy groups -OCH3 is 1. The van der Waals surface area contributed by atoms with Crippen LogP contribution in [0.3, 0.4) is 0 Å². The Balaban J connectivity index is 3.02. The second-order valence-electron chi connectivity index (χ2n) is 2.56. The number of ether oxygens (including phenoxy) is 1. The molecule has 0 radical (unpaired) electrons. The van der Waals surface area contributed by atoms with E-state index < -0.39 is 5.97 Å². The molecule has 0 aliphatic carbocycles. The lowest BCUT2D eigenvalue weighted by Crippen LogP contribution is -1.98. The quantitative estimate of drug-likeness (QED) is 0.753. The van der Waals surface area contributed by atoms with E-state index in [0.29, 0.717) is 11.3 Å². The van der Waals surface area contributed by atoms with Crippen LogP contribution >= 0.6 is 0 Å². The Hall–Kier alpha value is -1.84. The molecule has 0 unspecified atom stereocenters. The molecule has 0 bridgehead atoms. The number of hydrogen-bond donors (Lipinski definition) is 1. The molecule has 0 spiro atoms. The topological polar surface area (TPSA) is 46.5 Å². The van der Waals surface area contributed by atoms with Gasteiger partial charge in [-0.3, -0.25) is 0 Å². The Morgan fingerprint density at radius 2 is 2.00 bits per heavy atom. The van der Waals surface area contributed by atoms with Crippen molar-refractivity contribution < 1.29 is 19.0 Å². The molecular formula is C10H9FO3. The van der Waals surface area contributed by atoms with Gasteiger partial charge in [0.25, 0.3) is 0 Å². The lowest BCUT2D eigenvalue weighted by atomic mass is 10.1. The molecule has 0 aliphatic rings. The minimum Gasteiger partial charge on any atom is -0.497 e. The van der Waals surface area contributed by atoms with Crippen LogP contribution in [0.2, 0.25) is 0 Å². The first-order valence-electron chi connectivity index (χ1n) is 3.87. The summed E-state index contributed by atoms with van der Waals surface area (Å²) < 4.78 is 17.1. The number of carboxylic acid groups (broad SMARTS) is 1. The summed E-state index contributed by atoms with van der Waals surface area (Å²) in [6, 6.07) is 6.11. The minimum atomic E-state index is -1.29. The summed E-state index contributed by atoms with van der Waals surface area (Å²) in [6.45, 7) is 0. The zero-order valence-electron chi connectivity index (χ0n) is 7.53. The highest BCUT2D eigenvalue weighted by Gasteiger charge is 2.09. The van der Waals surface area contributed by atoms with Gasteiger partial charge in [0.1, 0.15) is 12.1 Å². The van der Waals surface area contributed by atoms with Crippen LogP contribution in [0.15, 0.2) is 30.6 Å². The van der Waals surface area contributed by atoms with E-state index in [1.807, 2.05) is 0 Å². The smallest absolute Gasteiger partial charge is 0.338 e. The van der Waals surface area contributed by atoms with Crippen LogP contribution in [0.1, 0.15) is 5.56 Å². The van der Waals surface area contributed by atoms with Crippen molar-refractivity contribution in [1.29, 1.82) is 0 Å². The van der Waals surface area contributed by atoms with Gasteiger partial charge in [-0.25, -0.2) is 9.18 Å². The maximum absolute atomic E-state index is 12.2. The van der Waals surface area contributed by atoms with Crippen molar-refractivity contribution in [2.24, 2.45) is 0 Å². The number of carboxylic acids is 1. The van der Waals surface area contributed by atoms with Crippen LogP contribution in [-0.4, -0.2) is 18.2 Å². The molecule has 0 aromatic heterocycles. The van der Waals surface area contributed by atoms with Gasteiger partial charge in [0.15, 0.2) is 0 Å². The molecule has 1 aromatic rings. The first-order valence-corrected chi connectivity index (χ1v) is 3.87. The van der Waals surface area contributed by atoms with E-state index >= 15 is 0 Å². The average Bonchev–Trinajstić information content (AvgIpc) is 2.19. The third kappa shape index (κ3) is 2.10. The van der Waals surface area contributed by atoms with E-state index in [2.05, 4.69) is 0 Å². The van der Waals surface area contributed by atoms with Gasteiger partial charge in [-0.15, -0.1) is 0 Å². The molecule has 1 N–H and O–H groups in total. The molecule has 74 valence electrons. The predicted molar refractivity (Wildman–Crippen MR) is 49.7 cm³/mol. The molecule has 3 nitrogen and oxygen atoms in total. The Kier molecular flexibility index (Phi) is 3.23. The fourth-order valence-corrected chi connectivity index (χ4v) is 1.00. The number of hydrogen-bond acceptors (Lipinski definition) is 2. The highest BCUT2D eigenvalue weighted by Crippen LogP contribution is 2.18. The molecule has 1 aromatic carbocycles. The van der Waals surface area contributed by atoms with E-state index in [1.54, 1.807) is 12.1 Å². The summed E-state index contributed by atoms with van der Waals surface area (Å²) >= 11 is 0. The number of rotatable bonds is 3. The Bertz CT molecular complexity index is 354. The Labute approximate surface area is 80.4 Å². The van der Waals surface area contributed by atoms with Crippen LogP contribution in [0.4, 0.5) is 4.39 Å². The monoisotopic (exact) mass is 196 g/mol. The molecule has 0 aliphatic heterocycles. The second kappa shape index (κ2) is 4.41. The Morgan fingerprint density at radius 3 is 2.36 bits per heavy atom. The van der Waals surface area contributed by atoms with Crippen LogP contribution in [0.25, 0.3) is 5.57 Å². The van der Waals surface area contributed by atoms with Gasteiger partial charge in [-0.1, -0.05) is 12.1 Å². The lowest BCUT2D eigenvalue weighted by Gasteiger charge is -2.02. The van der Waals surface area contributed by atoms with Crippen LogP contribution in [0, 0.1) is 0 Å². The van der Waals surface area contributed by atoms with Crippen molar-refractivity contribution in [1.82, 2.24) is 0 Å². The van der Waals surface area contributed by atoms with Gasteiger partial charge < -0.3 is 9.84 Å². The van der Waals surface area contributed by atoms with Crippen molar-refractivity contribution in [3.63, 3.8) is 0 Å². The molecule has 4 heteroatoms. The standard InChI is InChI=1S/C10H9FO3/c1-14-8-4-2-7(3-5-8)9(6-11)10(12)13/h2-6H,1H3,(H,12,13). The van der Waals surface area contributed by atoms with Crippen LogP contribution in [0.5, 0.6) is 5.75 Å². The van der Waals surface area contributed by atoms with E-state index in [9.17, 15) is 9.18 Å². The largest absolute Gasteiger partial charge is 0.497 e. The van der Waals surface area contributed by atoms with Crippen LogP contribution < -0.4 is 4.74 Å². The van der Waals surface area contributed by atoms with E-state index in [0.717, 1.165) is 0 Å². The summed E-state index contributed by atoms with van der Waals surface area (Å²) in [7, 11) is 1.50. The van der Waals surface area contributed by atoms with E-state index in [1.165, 1.54) is 19.2 Å². The SMILES string of the molecule is COc1ccc(C(=CF)C(=O)O)cc1. The number of aliphatic carboxylic acids is 1.